The lowest BCUT2D eigenvalue weighted by Crippen LogP contribution is -2.30. The molecule has 106 valence electrons. The van der Waals surface area contributed by atoms with E-state index in [4.69, 9.17) is 4.74 Å². The fourth-order valence-electron chi connectivity index (χ4n) is 2.64. The number of benzene rings is 1. The molecule has 1 saturated heterocycles. The third-order valence-corrected chi connectivity index (χ3v) is 4.26. The van der Waals surface area contributed by atoms with Crippen LogP contribution in [-0.2, 0) is 0 Å². The first-order valence-corrected chi connectivity index (χ1v) is 7.73. The molecule has 2 heteroatoms. The Kier molecular flexibility index (Phi) is 5.71. The summed E-state index contributed by atoms with van der Waals surface area (Å²) in [4.78, 5) is 0. The highest BCUT2D eigenvalue weighted by molar-refractivity contribution is 5.29. The van der Waals surface area contributed by atoms with Crippen LogP contribution in [0.1, 0.15) is 51.0 Å². The van der Waals surface area contributed by atoms with Gasteiger partial charge in [-0.25, -0.2) is 0 Å². The van der Waals surface area contributed by atoms with Gasteiger partial charge in [0.05, 0.1) is 6.61 Å². The second kappa shape index (κ2) is 7.54. The van der Waals surface area contributed by atoms with Crippen LogP contribution in [0, 0.1) is 5.92 Å². The molecule has 0 radical (unpaired) electrons. The minimum Gasteiger partial charge on any atom is -0.494 e. The van der Waals surface area contributed by atoms with Crippen molar-refractivity contribution in [1.82, 2.24) is 5.32 Å². The Bertz CT molecular complexity index is 354. The number of hydrogen-bond donors (Lipinski definition) is 1. The molecule has 19 heavy (non-hydrogen) atoms. The average Bonchev–Trinajstić information content (AvgIpc) is 2.48. The highest BCUT2D eigenvalue weighted by atomic mass is 16.5. The summed E-state index contributed by atoms with van der Waals surface area (Å²) in [5, 5.41) is 3.45. The van der Waals surface area contributed by atoms with E-state index in [1.165, 1.54) is 37.8 Å². The first-order chi connectivity index (χ1) is 9.29. The van der Waals surface area contributed by atoms with E-state index in [0.29, 0.717) is 5.92 Å². The molecule has 0 spiro atoms. The van der Waals surface area contributed by atoms with Crippen LogP contribution in [0.25, 0.3) is 0 Å². The van der Waals surface area contributed by atoms with E-state index in [0.717, 1.165) is 24.8 Å². The molecule has 1 aromatic rings. The molecular weight excluding hydrogens is 234 g/mol. The fourth-order valence-corrected chi connectivity index (χ4v) is 2.64. The molecule has 0 amide bonds. The highest BCUT2D eigenvalue weighted by Crippen LogP contribution is 2.22. The van der Waals surface area contributed by atoms with E-state index in [1.807, 2.05) is 0 Å². The SMILES string of the molecule is CC[C@H](C)c1ccc(OCC[C@@H]2CCCNC2)cc1. The summed E-state index contributed by atoms with van der Waals surface area (Å²) in [5.41, 5.74) is 1.41. The number of nitrogens with one attached hydrogen (secondary N) is 1. The van der Waals surface area contributed by atoms with E-state index < -0.39 is 0 Å². The molecule has 0 aromatic heterocycles. The molecule has 0 unspecified atom stereocenters. The zero-order valence-electron chi connectivity index (χ0n) is 12.3. The monoisotopic (exact) mass is 261 g/mol. The molecule has 0 aliphatic carbocycles. The lowest BCUT2D eigenvalue weighted by atomic mass is 9.97. The Morgan fingerprint density at radius 3 is 2.74 bits per heavy atom. The Hall–Kier alpha value is -1.02. The van der Waals surface area contributed by atoms with Gasteiger partial charge in [0.1, 0.15) is 5.75 Å². The van der Waals surface area contributed by atoms with E-state index in [9.17, 15) is 0 Å². The Labute approximate surface area is 117 Å². The Morgan fingerprint density at radius 1 is 1.32 bits per heavy atom. The Morgan fingerprint density at radius 2 is 2.11 bits per heavy atom. The van der Waals surface area contributed by atoms with Crippen molar-refractivity contribution in [2.75, 3.05) is 19.7 Å². The molecule has 1 N–H and O–H groups in total. The van der Waals surface area contributed by atoms with E-state index >= 15 is 0 Å². The van der Waals surface area contributed by atoms with Crippen molar-refractivity contribution in [3.05, 3.63) is 29.8 Å². The smallest absolute Gasteiger partial charge is 0.119 e. The zero-order chi connectivity index (χ0) is 13.5. The maximum absolute atomic E-state index is 5.85. The van der Waals surface area contributed by atoms with Crippen molar-refractivity contribution < 1.29 is 4.74 Å². The van der Waals surface area contributed by atoms with Crippen molar-refractivity contribution in [3.63, 3.8) is 0 Å². The normalized spacial score (nSPS) is 21.1. The van der Waals surface area contributed by atoms with Crippen LogP contribution < -0.4 is 10.1 Å². The largest absolute Gasteiger partial charge is 0.494 e. The van der Waals surface area contributed by atoms with Gasteiger partial charge >= 0.3 is 0 Å². The van der Waals surface area contributed by atoms with E-state index in [-0.39, 0.29) is 0 Å². The third-order valence-electron chi connectivity index (χ3n) is 4.26. The number of ether oxygens (including phenoxy) is 1. The quantitative estimate of drug-likeness (QED) is 0.836. The van der Waals surface area contributed by atoms with Gasteiger partial charge in [0, 0.05) is 0 Å². The molecule has 1 aliphatic heterocycles. The summed E-state index contributed by atoms with van der Waals surface area (Å²) in [6.45, 7) is 7.69. The maximum Gasteiger partial charge on any atom is 0.119 e. The molecule has 1 fully saturated rings. The van der Waals surface area contributed by atoms with Crippen LogP contribution in [0.2, 0.25) is 0 Å². The minimum absolute atomic E-state index is 0.641. The lowest BCUT2D eigenvalue weighted by molar-refractivity contribution is 0.254. The molecule has 0 bridgehead atoms. The molecule has 2 nitrogen and oxygen atoms in total. The third kappa shape index (κ3) is 4.54. The summed E-state index contributed by atoms with van der Waals surface area (Å²) >= 11 is 0. The van der Waals surface area contributed by atoms with Gasteiger partial charge < -0.3 is 10.1 Å². The van der Waals surface area contributed by atoms with Crippen LogP contribution >= 0.6 is 0 Å². The predicted octanol–water partition coefficient (Wildman–Crippen LogP) is 3.97. The first-order valence-electron chi connectivity index (χ1n) is 7.73. The van der Waals surface area contributed by atoms with Gasteiger partial charge in [-0.15, -0.1) is 0 Å². The van der Waals surface area contributed by atoms with Crippen molar-refractivity contribution in [1.29, 1.82) is 0 Å². The van der Waals surface area contributed by atoms with Crippen molar-refractivity contribution in [2.24, 2.45) is 5.92 Å². The number of piperidine rings is 1. The molecule has 2 rings (SSSR count). The maximum atomic E-state index is 5.85. The second-order valence-electron chi connectivity index (χ2n) is 5.73. The first kappa shape index (κ1) is 14.4. The van der Waals surface area contributed by atoms with Gasteiger partial charge in [0.2, 0.25) is 0 Å². The summed E-state index contributed by atoms with van der Waals surface area (Å²) in [7, 11) is 0. The fraction of sp³-hybridized carbons (Fsp3) is 0.647. The van der Waals surface area contributed by atoms with Gasteiger partial charge in [-0.05, 0) is 68.3 Å². The summed E-state index contributed by atoms with van der Waals surface area (Å²) < 4.78 is 5.85. The van der Waals surface area contributed by atoms with Crippen LogP contribution in [-0.4, -0.2) is 19.7 Å². The number of rotatable bonds is 6. The van der Waals surface area contributed by atoms with Gasteiger partial charge in [-0.2, -0.15) is 0 Å². The van der Waals surface area contributed by atoms with Crippen molar-refractivity contribution >= 4 is 0 Å². The minimum atomic E-state index is 0.641. The van der Waals surface area contributed by atoms with E-state index in [2.05, 4.69) is 43.4 Å². The van der Waals surface area contributed by atoms with E-state index in [1.54, 1.807) is 0 Å². The topological polar surface area (TPSA) is 21.3 Å². The summed E-state index contributed by atoms with van der Waals surface area (Å²) in [6.07, 6.45) is 5.02. The van der Waals surface area contributed by atoms with Crippen molar-refractivity contribution in [3.8, 4) is 5.75 Å². The van der Waals surface area contributed by atoms with Crippen LogP contribution in [0.4, 0.5) is 0 Å². The van der Waals surface area contributed by atoms with Gasteiger partial charge in [0.15, 0.2) is 0 Å². The summed E-state index contributed by atoms with van der Waals surface area (Å²) in [5.74, 6) is 2.45. The average molecular weight is 261 g/mol. The predicted molar refractivity (Wildman–Crippen MR) is 80.9 cm³/mol. The van der Waals surface area contributed by atoms with Crippen LogP contribution in [0.15, 0.2) is 24.3 Å². The molecule has 1 aromatic carbocycles. The zero-order valence-corrected chi connectivity index (χ0v) is 12.3. The molecular formula is C17H27NO. The standard InChI is InChI=1S/C17H27NO/c1-3-14(2)16-6-8-17(9-7-16)19-12-10-15-5-4-11-18-13-15/h6-9,14-15,18H,3-5,10-13H2,1-2H3/t14-,15-/m0/s1. The molecule has 1 aliphatic rings. The van der Waals surface area contributed by atoms with Crippen LogP contribution in [0.5, 0.6) is 5.75 Å². The highest BCUT2D eigenvalue weighted by Gasteiger charge is 2.12. The van der Waals surface area contributed by atoms with Gasteiger partial charge in [-0.1, -0.05) is 26.0 Å². The Balaban J connectivity index is 1.73. The van der Waals surface area contributed by atoms with Gasteiger partial charge in [-0.3, -0.25) is 0 Å². The molecule has 2 atom stereocenters. The molecule has 1 heterocycles. The molecule has 0 saturated carbocycles. The van der Waals surface area contributed by atoms with Crippen molar-refractivity contribution in [2.45, 2.75) is 45.4 Å². The summed E-state index contributed by atoms with van der Waals surface area (Å²) in [6, 6.07) is 8.62. The lowest BCUT2D eigenvalue weighted by Gasteiger charge is -2.22. The number of hydrogen-bond acceptors (Lipinski definition) is 2. The van der Waals surface area contributed by atoms with Gasteiger partial charge in [0.25, 0.3) is 0 Å². The second-order valence-corrected chi connectivity index (χ2v) is 5.73. The van der Waals surface area contributed by atoms with Crippen LogP contribution in [0.3, 0.4) is 0 Å².